The number of nitriles is 8. The van der Waals surface area contributed by atoms with Gasteiger partial charge in [0.25, 0.3) is 0 Å². The topological polar surface area (TPSA) is 268 Å². The Morgan fingerprint density at radius 1 is 0.284 bits per heavy atom. The summed E-state index contributed by atoms with van der Waals surface area (Å²) in [5.41, 5.74) is 1.66. The fraction of sp³-hybridized carbons (Fsp3) is 0. The molecule has 14 heteroatoms. The maximum atomic E-state index is 11.8. The van der Waals surface area contributed by atoms with Gasteiger partial charge < -0.3 is 0 Å². The van der Waals surface area contributed by atoms with Gasteiger partial charge in [-0.2, -0.15) is 42.1 Å². The van der Waals surface area contributed by atoms with Crippen LogP contribution in [0.3, 0.4) is 0 Å². The Bertz CT molecular complexity index is 3790. The lowest BCUT2D eigenvalue weighted by Crippen LogP contribution is -2.09. The van der Waals surface area contributed by atoms with Crippen LogP contribution < -0.4 is 0 Å². The van der Waals surface area contributed by atoms with Gasteiger partial charge in [0.15, 0.2) is 34.9 Å². The van der Waals surface area contributed by atoms with Crippen molar-refractivity contribution in [2.75, 3.05) is 0 Å². The summed E-state index contributed by atoms with van der Waals surface area (Å²) in [5.74, 6) is 0.565. The molecule has 0 atom stereocenters. The van der Waals surface area contributed by atoms with Crippen molar-refractivity contribution < 1.29 is 0 Å². The van der Waals surface area contributed by atoms with Crippen LogP contribution in [0.5, 0.6) is 0 Å². The predicted octanol–water partition coefficient (Wildman–Crippen LogP) is 10.7. The van der Waals surface area contributed by atoms with E-state index in [-0.39, 0.29) is 124 Å². The zero-order valence-electron chi connectivity index (χ0n) is 38.3. The molecule has 8 aromatic rings. The maximum Gasteiger partial charge on any atom is 0.166 e. The summed E-state index contributed by atoms with van der Waals surface area (Å²) in [6.45, 7) is 0. The molecule has 2 aliphatic carbocycles. The molecule has 0 bridgehead atoms. The minimum Gasteiger partial charge on any atom is -0.208 e. The van der Waals surface area contributed by atoms with Gasteiger partial charge in [-0.1, -0.05) is 121 Å². The second-order valence-electron chi connectivity index (χ2n) is 16.3. The van der Waals surface area contributed by atoms with Gasteiger partial charge in [-0.25, -0.2) is 29.9 Å². The van der Waals surface area contributed by atoms with Crippen LogP contribution in [-0.4, -0.2) is 29.9 Å². The SMILES string of the molecule is N#CC1=C(c2nc(-c3ccccc3)nc(-c3ccccc3)n2)/C(=C(\C#N)c2cc(C#N)cc(C#N)c2)C2=C1/C(=C(/C#N)c1cc(C#N)cc(C#N)c1)C(c1nc(-c3ccccc3)nc(-c3ccccc3)n1)=C2C#N. The zero-order chi connectivity index (χ0) is 51.3. The Labute approximate surface area is 422 Å². The molecule has 0 saturated carbocycles. The van der Waals surface area contributed by atoms with Gasteiger partial charge in [-0.15, -0.1) is 0 Å². The van der Waals surface area contributed by atoms with Crippen LogP contribution in [0, 0.1) is 90.6 Å². The van der Waals surface area contributed by atoms with Crippen molar-refractivity contribution in [3.05, 3.63) is 236 Å². The van der Waals surface area contributed by atoms with Crippen molar-refractivity contribution in [3.63, 3.8) is 0 Å². The molecule has 0 spiro atoms. The molecule has 6 aromatic carbocycles. The molecular formula is C60H26N14. The standard InChI is InChI=1S/C60H26N14/c61-27-35-21-36(28-62)24-43(23-35)45(31-65)49-52-48(34-68)54(60-73-57(41-17-9-3-10-18-41)70-58(74-60)42-19-11-4-12-20-42)50(46(32-66)44-25-37(29-63)22-38(26-44)30-64)51(52)47(33-67)53(49)59-71-55(39-13-5-1-6-14-39)69-56(72-59)40-15-7-2-8-16-40/h1-26H/b49-45+,50-46+. The first-order chi connectivity index (χ1) is 36.3. The molecule has 0 fully saturated rings. The molecule has 0 unspecified atom stereocenters. The van der Waals surface area contributed by atoms with E-state index in [1.807, 2.05) is 24.3 Å². The van der Waals surface area contributed by atoms with Crippen LogP contribution in [0.25, 0.3) is 67.8 Å². The third-order valence-electron chi connectivity index (χ3n) is 12.0. The Kier molecular flexibility index (Phi) is 12.1. The second kappa shape index (κ2) is 19.5. The van der Waals surface area contributed by atoms with Crippen LogP contribution in [0.15, 0.2) is 191 Å². The first-order valence-corrected chi connectivity index (χ1v) is 22.3. The van der Waals surface area contributed by atoms with Gasteiger partial charge in [0.05, 0.1) is 68.8 Å². The Morgan fingerprint density at radius 3 is 0.770 bits per heavy atom. The first kappa shape index (κ1) is 45.7. The van der Waals surface area contributed by atoms with E-state index in [1.165, 1.54) is 36.4 Å². The Balaban J connectivity index is 1.41. The van der Waals surface area contributed by atoms with Crippen molar-refractivity contribution in [2.24, 2.45) is 0 Å². The Morgan fingerprint density at radius 2 is 0.541 bits per heavy atom. The molecule has 0 saturated heterocycles. The highest BCUT2D eigenvalue weighted by atomic mass is 15.0. The summed E-state index contributed by atoms with van der Waals surface area (Å²) in [6.07, 6.45) is 0. The van der Waals surface area contributed by atoms with Crippen molar-refractivity contribution in [3.8, 4) is 94.1 Å². The van der Waals surface area contributed by atoms with Crippen LogP contribution in [0.2, 0.25) is 0 Å². The van der Waals surface area contributed by atoms with E-state index in [9.17, 15) is 42.1 Å². The zero-order valence-corrected chi connectivity index (χ0v) is 38.3. The van der Waals surface area contributed by atoms with Crippen LogP contribution in [-0.2, 0) is 0 Å². The number of aromatic nitrogens is 6. The average molecular weight is 943 g/mol. The fourth-order valence-corrected chi connectivity index (χ4v) is 8.84. The summed E-state index contributed by atoms with van der Waals surface area (Å²) in [7, 11) is 0. The molecule has 336 valence electrons. The van der Waals surface area contributed by atoms with Gasteiger partial charge in [-0.05, 0) is 47.5 Å². The molecule has 74 heavy (non-hydrogen) atoms. The number of rotatable bonds is 8. The Hall–Kier alpha value is -12.0. The number of nitrogens with zero attached hydrogens (tertiary/aromatic N) is 14. The van der Waals surface area contributed by atoms with Gasteiger partial charge in [0.2, 0.25) is 0 Å². The van der Waals surface area contributed by atoms with Crippen LogP contribution in [0.1, 0.15) is 45.0 Å². The van der Waals surface area contributed by atoms with Crippen LogP contribution >= 0.6 is 0 Å². The predicted molar refractivity (Wildman–Crippen MR) is 270 cm³/mol. The summed E-state index contributed by atoms with van der Waals surface area (Å²) in [5, 5.41) is 87.5. The molecule has 2 aliphatic rings. The van der Waals surface area contributed by atoms with Crippen molar-refractivity contribution in [1.29, 1.82) is 42.1 Å². The molecular weight excluding hydrogens is 917 g/mol. The van der Waals surface area contributed by atoms with Gasteiger partial charge in [0.1, 0.15) is 24.3 Å². The van der Waals surface area contributed by atoms with E-state index in [0.717, 1.165) is 0 Å². The summed E-state index contributed by atoms with van der Waals surface area (Å²) >= 11 is 0. The van der Waals surface area contributed by atoms with Gasteiger partial charge in [-0.3, -0.25) is 0 Å². The normalized spacial score (nSPS) is 13.7. The number of benzene rings is 6. The van der Waals surface area contributed by atoms with E-state index >= 15 is 0 Å². The highest BCUT2D eigenvalue weighted by Crippen LogP contribution is 2.58. The minimum atomic E-state index is -0.190. The molecule has 2 aromatic heterocycles. The minimum absolute atomic E-state index is 0.0166. The maximum absolute atomic E-state index is 11.8. The number of hydrogen-bond donors (Lipinski definition) is 0. The number of allylic oxidation sites excluding steroid dienone is 10. The fourth-order valence-electron chi connectivity index (χ4n) is 8.84. The third-order valence-corrected chi connectivity index (χ3v) is 12.0. The summed E-state index contributed by atoms with van der Waals surface area (Å²) in [6, 6.07) is 62.0. The van der Waals surface area contributed by atoms with E-state index in [0.29, 0.717) is 22.3 Å². The second-order valence-corrected chi connectivity index (χ2v) is 16.3. The van der Waals surface area contributed by atoms with E-state index in [4.69, 9.17) is 29.9 Å². The molecule has 0 amide bonds. The number of hydrogen-bond acceptors (Lipinski definition) is 14. The third kappa shape index (κ3) is 8.15. The van der Waals surface area contributed by atoms with Crippen molar-refractivity contribution in [1.82, 2.24) is 29.9 Å². The largest absolute Gasteiger partial charge is 0.208 e. The quantitative estimate of drug-likeness (QED) is 0.128. The molecule has 10 rings (SSSR count). The summed E-state index contributed by atoms with van der Waals surface area (Å²) < 4.78 is 0. The molecule has 0 radical (unpaired) electrons. The highest BCUT2D eigenvalue weighted by molar-refractivity contribution is 6.16. The lowest BCUT2D eigenvalue weighted by atomic mass is 9.86. The van der Waals surface area contributed by atoms with Crippen molar-refractivity contribution in [2.45, 2.75) is 0 Å². The van der Waals surface area contributed by atoms with E-state index in [2.05, 4.69) is 48.6 Å². The lowest BCUT2D eigenvalue weighted by Gasteiger charge is -2.17. The monoisotopic (exact) mass is 942 g/mol. The van der Waals surface area contributed by atoms with Crippen molar-refractivity contribution >= 4 is 22.3 Å². The molecule has 14 nitrogen and oxygen atoms in total. The molecule has 2 heterocycles. The van der Waals surface area contributed by atoms with Crippen LogP contribution in [0.4, 0.5) is 0 Å². The molecule has 0 aliphatic heterocycles. The average Bonchev–Trinajstić information content (AvgIpc) is 4.00. The van der Waals surface area contributed by atoms with Gasteiger partial charge in [0, 0.05) is 55.7 Å². The smallest absolute Gasteiger partial charge is 0.166 e. The van der Waals surface area contributed by atoms with E-state index in [1.54, 1.807) is 97.1 Å². The highest BCUT2D eigenvalue weighted by Gasteiger charge is 2.46. The van der Waals surface area contributed by atoms with E-state index < -0.39 is 0 Å². The molecule has 0 N–H and O–H groups in total. The lowest BCUT2D eigenvalue weighted by molar-refractivity contribution is 1.03. The van der Waals surface area contributed by atoms with Gasteiger partial charge >= 0.3 is 0 Å². The summed E-state index contributed by atoms with van der Waals surface area (Å²) in [4.78, 5) is 29.7. The first-order valence-electron chi connectivity index (χ1n) is 22.3.